The molecule has 0 aliphatic heterocycles. The van der Waals surface area contributed by atoms with Gasteiger partial charge in [0.25, 0.3) is 0 Å². The molecule has 0 amide bonds. The summed E-state index contributed by atoms with van der Waals surface area (Å²) in [5.41, 5.74) is 4.47. The molecular formula is C27H24N2O. The highest BCUT2D eigenvalue weighted by molar-refractivity contribution is 6.11. The lowest BCUT2D eigenvalue weighted by Crippen LogP contribution is -2.10. The van der Waals surface area contributed by atoms with Gasteiger partial charge in [-0.3, -0.25) is 0 Å². The number of fused-ring (bicyclic) bond motifs is 5. The molecule has 5 aromatic rings. The third kappa shape index (κ3) is 3.03. The number of nitrogens with zero attached hydrogens (tertiary/aromatic N) is 2. The Morgan fingerprint density at radius 2 is 1.70 bits per heavy atom. The molecule has 30 heavy (non-hydrogen) atoms. The summed E-state index contributed by atoms with van der Waals surface area (Å²) < 4.78 is 8.15. The highest BCUT2D eigenvalue weighted by atomic mass is 16.5. The van der Waals surface area contributed by atoms with Crippen molar-refractivity contribution in [1.29, 1.82) is 0 Å². The maximum atomic E-state index is 6.24. The van der Waals surface area contributed by atoms with Gasteiger partial charge in [0.1, 0.15) is 16.8 Å². The molecule has 0 N–H and O–H groups in total. The van der Waals surface area contributed by atoms with E-state index < -0.39 is 0 Å². The van der Waals surface area contributed by atoms with Crippen molar-refractivity contribution < 1.29 is 4.74 Å². The standard InChI is InChI=1S/C27H24N2O/c1-5-18-8-12-21(13-9-18)30-24-7-6-16-29-26(24)23-14-10-19-17-20(27(2,3)4)11-15-22(19)25(23)28-29/h5-17H,1H2,2-4H3. The lowest BCUT2D eigenvalue weighted by Gasteiger charge is -2.19. The van der Waals surface area contributed by atoms with Crippen LogP contribution in [0.4, 0.5) is 0 Å². The van der Waals surface area contributed by atoms with Gasteiger partial charge >= 0.3 is 0 Å². The molecular weight excluding hydrogens is 368 g/mol. The van der Waals surface area contributed by atoms with Crippen molar-refractivity contribution in [3.05, 3.63) is 90.6 Å². The second-order valence-corrected chi connectivity index (χ2v) is 8.69. The van der Waals surface area contributed by atoms with Crippen LogP contribution in [0.25, 0.3) is 33.3 Å². The molecule has 3 aromatic carbocycles. The minimum absolute atomic E-state index is 0.115. The molecule has 0 radical (unpaired) electrons. The minimum atomic E-state index is 0.115. The third-order valence-electron chi connectivity index (χ3n) is 5.60. The number of benzene rings is 3. The first-order valence-electron chi connectivity index (χ1n) is 10.2. The number of aromatic nitrogens is 2. The second kappa shape index (κ2) is 6.74. The molecule has 0 unspecified atom stereocenters. The lowest BCUT2D eigenvalue weighted by atomic mass is 9.86. The first-order valence-corrected chi connectivity index (χ1v) is 10.2. The van der Waals surface area contributed by atoms with Crippen LogP contribution in [0.2, 0.25) is 0 Å². The largest absolute Gasteiger partial charge is 0.455 e. The number of hydrogen-bond acceptors (Lipinski definition) is 2. The third-order valence-corrected chi connectivity index (χ3v) is 5.60. The summed E-state index contributed by atoms with van der Waals surface area (Å²) in [6.45, 7) is 10.5. The smallest absolute Gasteiger partial charge is 0.153 e. The molecule has 0 saturated carbocycles. The molecule has 0 bridgehead atoms. The van der Waals surface area contributed by atoms with Gasteiger partial charge in [0.15, 0.2) is 5.75 Å². The molecule has 148 valence electrons. The maximum Gasteiger partial charge on any atom is 0.153 e. The summed E-state index contributed by atoms with van der Waals surface area (Å²) in [6, 6.07) is 22.9. The van der Waals surface area contributed by atoms with E-state index in [4.69, 9.17) is 9.84 Å². The molecule has 0 fully saturated rings. The summed E-state index contributed by atoms with van der Waals surface area (Å²) in [4.78, 5) is 0. The van der Waals surface area contributed by atoms with Crippen molar-refractivity contribution in [2.75, 3.05) is 0 Å². The van der Waals surface area contributed by atoms with Crippen LogP contribution in [0.3, 0.4) is 0 Å². The molecule has 2 aromatic heterocycles. The maximum absolute atomic E-state index is 6.24. The predicted octanol–water partition coefficient (Wildman–Crippen LogP) is 7.37. The molecule has 0 atom stereocenters. The highest BCUT2D eigenvalue weighted by Crippen LogP contribution is 2.35. The fraction of sp³-hybridized carbons (Fsp3) is 0.148. The number of rotatable bonds is 3. The fourth-order valence-electron chi connectivity index (χ4n) is 3.89. The van der Waals surface area contributed by atoms with Crippen LogP contribution in [-0.2, 0) is 5.41 Å². The van der Waals surface area contributed by atoms with Gasteiger partial charge in [-0.25, -0.2) is 4.52 Å². The summed E-state index contributed by atoms with van der Waals surface area (Å²) >= 11 is 0. The van der Waals surface area contributed by atoms with Crippen molar-refractivity contribution in [2.24, 2.45) is 0 Å². The van der Waals surface area contributed by atoms with Crippen molar-refractivity contribution in [2.45, 2.75) is 26.2 Å². The Kier molecular flexibility index (Phi) is 4.14. The highest BCUT2D eigenvalue weighted by Gasteiger charge is 2.17. The molecule has 0 aliphatic rings. The quantitative estimate of drug-likeness (QED) is 0.320. The van der Waals surface area contributed by atoms with Gasteiger partial charge in [-0.15, -0.1) is 0 Å². The van der Waals surface area contributed by atoms with Crippen molar-refractivity contribution >= 4 is 33.3 Å². The lowest BCUT2D eigenvalue weighted by molar-refractivity contribution is 0.485. The molecule has 0 saturated heterocycles. The fourth-order valence-corrected chi connectivity index (χ4v) is 3.89. The summed E-state index contributed by atoms with van der Waals surface area (Å²) in [7, 11) is 0. The normalized spacial score (nSPS) is 12.0. The Hall–Kier alpha value is -3.59. The number of hydrogen-bond donors (Lipinski definition) is 0. The molecule has 0 aliphatic carbocycles. The van der Waals surface area contributed by atoms with E-state index in [1.54, 1.807) is 0 Å². The Morgan fingerprint density at radius 1 is 0.933 bits per heavy atom. The van der Waals surface area contributed by atoms with Gasteiger partial charge in [0.2, 0.25) is 0 Å². The summed E-state index contributed by atoms with van der Waals surface area (Å²) in [5.74, 6) is 1.58. The number of pyridine rings is 1. The van der Waals surface area contributed by atoms with E-state index in [9.17, 15) is 0 Å². The molecule has 5 rings (SSSR count). The van der Waals surface area contributed by atoms with Gasteiger partial charge in [-0.1, -0.05) is 69.8 Å². The molecule has 0 spiro atoms. The van der Waals surface area contributed by atoms with E-state index in [1.165, 1.54) is 10.9 Å². The van der Waals surface area contributed by atoms with Crippen LogP contribution in [0.15, 0.2) is 79.5 Å². The van der Waals surface area contributed by atoms with Crippen LogP contribution in [0, 0.1) is 0 Å². The molecule has 3 nitrogen and oxygen atoms in total. The van der Waals surface area contributed by atoms with Crippen LogP contribution in [0.5, 0.6) is 11.5 Å². The minimum Gasteiger partial charge on any atom is -0.455 e. The van der Waals surface area contributed by atoms with Gasteiger partial charge in [-0.2, -0.15) is 5.10 Å². The predicted molar refractivity (Wildman–Crippen MR) is 126 cm³/mol. The van der Waals surface area contributed by atoms with Crippen molar-refractivity contribution in [3.63, 3.8) is 0 Å². The average molecular weight is 393 g/mol. The van der Waals surface area contributed by atoms with E-state index in [0.717, 1.165) is 38.9 Å². The van der Waals surface area contributed by atoms with Crippen LogP contribution >= 0.6 is 0 Å². The number of ether oxygens (including phenoxy) is 1. The topological polar surface area (TPSA) is 26.5 Å². The van der Waals surface area contributed by atoms with E-state index in [1.807, 2.05) is 53.2 Å². The van der Waals surface area contributed by atoms with E-state index in [0.29, 0.717) is 0 Å². The zero-order valence-electron chi connectivity index (χ0n) is 17.5. The first-order chi connectivity index (χ1) is 14.4. The monoisotopic (exact) mass is 392 g/mol. The average Bonchev–Trinajstić information content (AvgIpc) is 3.13. The van der Waals surface area contributed by atoms with Crippen molar-refractivity contribution in [1.82, 2.24) is 9.61 Å². The van der Waals surface area contributed by atoms with E-state index in [-0.39, 0.29) is 5.41 Å². The van der Waals surface area contributed by atoms with Gasteiger partial charge in [0.05, 0.1) is 0 Å². The zero-order valence-corrected chi connectivity index (χ0v) is 17.5. The van der Waals surface area contributed by atoms with E-state index >= 15 is 0 Å². The Bertz CT molecular complexity index is 1400. The van der Waals surface area contributed by atoms with Crippen LogP contribution in [0.1, 0.15) is 31.9 Å². The van der Waals surface area contributed by atoms with Gasteiger partial charge < -0.3 is 4.74 Å². The first kappa shape index (κ1) is 18.4. The van der Waals surface area contributed by atoms with E-state index in [2.05, 4.69) is 57.7 Å². The second-order valence-electron chi connectivity index (χ2n) is 8.69. The zero-order chi connectivity index (χ0) is 20.9. The van der Waals surface area contributed by atoms with Gasteiger partial charge in [-0.05, 0) is 52.3 Å². The Labute approximate surface area is 176 Å². The summed E-state index contributed by atoms with van der Waals surface area (Å²) in [6.07, 6.45) is 3.80. The Balaban J connectivity index is 1.68. The van der Waals surface area contributed by atoms with Gasteiger partial charge in [0, 0.05) is 17.0 Å². The van der Waals surface area contributed by atoms with Crippen LogP contribution < -0.4 is 4.74 Å². The molecule has 2 heterocycles. The SMILES string of the molecule is C=Cc1ccc(Oc2cccn3nc4c5ccc(C(C)(C)C)cc5ccc4c23)cc1. The van der Waals surface area contributed by atoms with Crippen LogP contribution in [-0.4, -0.2) is 9.61 Å². The molecule has 3 heteroatoms. The summed E-state index contributed by atoms with van der Waals surface area (Å²) in [5, 5.41) is 8.34. The van der Waals surface area contributed by atoms with Crippen molar-refractivity contribution in [3.8, 4) is 11.5 Å². The Morgan fingerprint density at radius 3 is 2.43 bits per heavy atom.